The summed E-state index contributed by atoms with van der Waals surface area (Å²) < 4.78 is 25.7. The Kier molecular flexibility index (Phi) is 12.5. The number of benzene rings is 2. The zero-order valence-electron chi connectivity index (χ0n) is 34.7. The van der Waals surface area contributed by atoms with E-state index in [1.165, 1.54) is 21.9 Å². The van der Waals surface area contributed by atoms with E-state index in [0.717, 1.165) is 69.9 Å². The number of aryl methyl sites for hydroxylation is 2. The minimum absolute atomic E-state index is 0. The Balaban J connectivity index is 0.000000403. The van der Waals surface area contributed by atoms with E-state index >= 15 is 0 Å². The fourth-order valence-electron chi connectivity index (χ4n) is 6.41. The van der Waals surface area contributed by atoms with Crippen LogP contribution in [0, 0.1) is 37.1 Å². The minimum Gasteiger partial charge on any atom is -0.512 e. The van der Waals surface area contributed by atoms with Gasteiger partial charge in [-0.15, -0.1) is 29.5 Å². The maximum absolute atomic E-state index is 11.7. The smallest absolute Gasteiger partial charge is 0.162 e. The predicted molar refractivity (Wildman–Crippen MR) is 210 cm³/mol. The van der Waals surface area contributed by atoms with E-state index in [1.807, 2.05) is 33.8 Å². The molecule has 0 atom stereocenters. The standard InChI is InChI=1S/C30H32N3S.C13H24O2.Ir/c1-17-9-10-19-13-21(14-23(24(19)33-17)30(6,7)8)25-28-26(32-16-31-25)22-12-11-20(15-29(3,4)5)18(2)27(22)34-28;1-5-10(6-2)12(14)9-13(15)11(7-3)8-4;/h9-12,14,16H,15H2,1-8H3;9-11,14H,5-8H2,1-4H3;/q-1;;/b;12-9-;/i1D3;;. The van der Waals surface area contributed by atoms with Gasteiger partial charge in [0.05, 0.1) is 11.3 Å². The van der Waals surface area contributed by atoms with Gasteiger partial charge < -0.3 is 5.11 Å². The summed E-state index contributed by atoms with van der Waals surface area (Å²) in [6.07, 6.45) is 7.55. The summed E-state index contributed by atoms with van der Waals surface area (Å²) in [6.45, 7) is 21.2. The van der Waals surface area contributed by atoms with Crippen molar-refractivity contribution in [2.24, 2.45) is 17.3 Å². The Morgan fingerprint density at radius 1 is 0.940 bits per heavy atom. The number of aromatic nitrogens is 3. The fourth-order valence-corrected chi connectivity index (χ4v) is 7.69. The van der Waals surface area contributed by atoms with Gasteiger partial charge >= 0.3 is 0 Å². The van der Waals surface area contributed by atoms with Crippen molar-refractivity contribution in [2.75, 3.05) is 0 Å². The van der Waals surface area contributed by atoms with Gasteiger partial charge in [-0.25, -0.2) is 4.98 Å². The summed E-state index contributed by atoms with van der Waals surface area (Å²) in [5, 5.41) is 11.7. The van der Waals surface area contributed by atoms with Crippen LogP contribution in [0.5, 0.6) is 0 Å². The van der Waals surface area contributed by atoms with Crippen LogP contribution >= 0.6 is 11.3 Å². The molecule has 5 nitrogen and oxygen atoms in total. The van der Waals surface area contributed by atoms with Crippen LogP contribution in [0.2, 0.25) is 0 Å². The van der Waals surface area contributed by atoms with Gasteiger partial charge in [-0.05, 0) is 67.8 Å². The van der Waals surface area contributed by atoms with Crippen LogP contribution in [0.3, 0.4) is 0 Å². The molecule has 0 aliphatic carbocycles. The van der Waals surface area contributed by atoms with Crippen LogP contribution in [-0.2, 0) is 36.7 Å². The van der Waals surface area contributed by atoms with Crippen molar-refractivity contribution in [2.45, 2.75) is 121 Å². The van der Waals surface area contributed by atoms with Crippen LogP contribution < -0.4 is 0 Å². The Hall–Kier alpha value is -2.99. The monoisotopic (exact) mass is 874 g/mol. The molecule has 2 aromatic carbocycles. The third kappa shape index (κ3) is 9.46. The first-order valence-corrected chi connectivity index (χ1v) is 18.5. The first kappa shape index (κ1) is 36.8. The number of nitrogens with zero attached hydrogens (tertiary/aromatic N) is 3. The summed E-state index contributed by atoms with van der Waals surface area (Å²) in [5.41, 5.74) is 7.03. The molecular weight excluding hydrogens is 815 g/mol. The van der Waals surface area contributed by atoms with E-state index in [9.17, 15) is 9.90 Å². The Bertz CT molecular complexity index is 2080. The number of aliphatic hydroxyl groups excluding tert-OH is 1. The molecule has 0 saturated carbocycles. The average molecular weight is 874 g/mol. The Morgan fingerprint density at radius 3 is 2.18 bits per heavy atom. The predicted octanol–water partition coefficient (Wildman–Crippen LogP) is 12.2. The van der Waals surface area contributed by atoms with Crippen molar-refractivity contribution in [3.63, 3.8) is 0 Å². The first-order valence-electron chi connectivity index (χ1n) is 19.2. The molecule has 1 radical (unpaired) electrons. The number of aliphatic hydroxyl groups is 1. The van der Waals surface area contributed by atoms with Gasteiger partial charge in [0.1, 0.15) is 6.33 Å². The molecule has 0 aliphatic heterocycles. The molecule has 0 aliphatic rings. The number of hydrogen-bond donors (Lipinski definition) is 1. The molecule has 0 spiro atoms. The summed E-state index contributed by atoms with van der Waals surface area (Å²) >= 11 is 1.74. The third-order valence-electron chi connectivity index (χ3n) is 9.36. The zero-order valence-corrected chi connectivity index (χ0v) is 34.9. The molecule has 7 heteroatoms. The third-order valence-corrected chi connectivity index (χ3v) is 10.7. The number of carbonyl (C=O) groups excluding carboxylic acids is 1. The largest absolute Gasteiger partial charge is 0.512 e. The van der Waals surface area contributed by atoms with E-state index < -0.39 is 6.85 Å². The summed E-state index contributed by atoms with van der Waals surface area (Å²) in [7, 11) is 0. The van der Waals surface area contributed by atoms with Crippen molar-refractivity contribution in [3.8, 4) is 11.3 Å². The molecule has 5 rings (SSSR count). The SMILES string of the molecule is CCC(CC)C(=O)/C=C(\O)C(CC)CC.[2H]C([2H])([2H])c1ccc2[c-]c(-c3ncnc4c3sc3c(C)c(CC(C)(C)C)ccc34)cc(C(C)(C)C)c2n1.[Ir]. The molecule has 271 valence electrons. The second kappa shape index (κ2) is 17.0. The van der Waals surface area contributed by atoms with Crippen LogP contribution in [0.15, 0.2) is 48.5 Å². The Morgan fingerprint density at radius 2 is 1.60 bits per heavy atom. The first-order chi connectivity index (χ1) is 24.2. The Labute approximate surface area is 322 Å². The summed E-state index contributed by atoms with van der Waals surface area (Å²) in [4.78, 5) is 25.7. The average Bonchev–Trinajstić information content (AvgIpc) is 3.45. The number of rotatable bonds is 9. The van der Waals surface area contributed by atoms with Crippen molar-refractivity contribution >= 4 is 48.3 Å². The van der Waals surface area contributed by atoms with Crippen molar-refractivity contribution in [1.29, 1.82) is 0 Å². The number of carbonyl (C=O) groups is 1. The summed E-state index contributed by atoms with van der Waals surface area (Å²) in [6, 6.07) is 13.4. The second-order valence-corrected chi connectivity index (χ2v) is 16.4. The second-order valence-electron chi connectivity index (χ2n) is 15.4. The van der Waals surface area contributed by atoms with Crippen molar-refractivity contribution in [3.05, 3.63) is 76.9 Å². The number of pyridine rings is 1. The van der Waals surface area contributed by atoms with Gasteiger partial charge in [0.2, 0.25) is 0 Å². The summed E-state index contributed by atoms with van der Waals surface area (Å²) in [5.74, 6) is 0.547. The number of allylic oxidation sites excluding steroid dienone is 2. The molecule has 0 fully saturated rings. The number of thiophene rings is 1. The molecule has 3 heterocycles. The molecule has 5 aromatic rings. The van der Waals surface area contributed by atoms with Crippen LogP contribution in [-0.4, -0.2) is 25.8 Å². The maximum Gasteiger partial charge on any atom is 0.162 e. The van der Waals surface area contributed by atoms with E-state index in [1.54, 1.807) is 23.7 Å². The topological polar surface area (TPSA) is 76.0 Å². The maximum atomic E-state index is 11.7. The van der Waals surface area contributed by atoms with Gasteiger partial charge in [-0.3, -0.25) is 14.8 Å². The molecule has 0 bridgehead atoms. The van der Waals surface area contributed by atoms with Gasteiger partial charge in [0.25, 0.3) is 0 Å². The van der Waals surface area contributed by atoms with Crippen molar-refractivity contribution < 1.29 is 34.1 Å². The van der Waals surface area contributed by atoms with Crippen LogP contribution in [0.4, 0.5) is 0 Å². The van der Waals surface area contributed by atoms with E-state index in [-0.39, 0.29) is 60.0 Å². The molecule has 0 saturated heterocycles. The molecule has 1 N–H and O–H groups in total. The quantitative estimate of drug-likeness (QED) is 0.0907. The molecule has 50 heavy (non-hydrogen) atoms. The zero-order chi connectivity index (χ0) is 38.8. The molecule has 0 amide bonds. The normalized spacial score (nSPS) is 13.6. The van der Waals surface area contributed by atoms with Crippen LogP contribution in [0.1, 0.15) is 121 Å². The van der Waals surface area contributed by atoms with E-state index in [0.29, 0.717) is 5.52 Å². The molecular formula is C43H56IrN3O2S-. The van der Waals surface area contributed by atoms with E-state index in [2.05, 4.69) is 82.7 Å². The number of ketones is 1. The van der Waals surface area contributed by atoms with Crippen LogP contribution in [0.25, 0.3) is 42.5 Å². The van der Waals surface area contributed by atoms with Gasteiger partial charge in [-0.1, -0.05) is 104 Å². The van der Waals surface area contributed by atoms with E-state index in [4.69, 9.17) is 9.10 Å². The molecule has 0 unspecified atom stereocenters. The number of fused-ring (bicyclic) bond motifs is 4. The number of hydrogen-bond acceptors (Lipinski definition) is 6. The van der Waals surface area contributed by atoms with Crippen molar-refractivity contribution in [1.82, 2.24) is 15.0 Å². The fraction of sp³-hybridized carbons (Fsp3) is 0.488. The van der Waals surface area contributed by atoms with Gasteiger partial charge in [-0.2, -0.15) is 0 Å². The molecule has 3 aromatic heterocycles. The van der Waals surface area contributed by atoms with Gasteiger partial charge in [0, 0.05) is 73.8 Å². The minimum atomic E-state index is -2.26. The van der Waals surface area contributed by atoms with Gasteiger partial charge in [0.15, 0.2) is 5.78 Å².